The predicted octanol–water partition coefficient (Wildman–Crippen LogP) is 4.74. The quantitative estimate of drug-likeness (QED) is 0.544. The van der Waals surface area contributed by atoms with Gasteiger partial charge in [-0.1, -0.05) is 65.2 Å². The van der Waals surface area contributed by atoms with Gasteiger partial charge in [0, 0.05) is 0 Å². The second kappa shape index (κ2) is 4.34. The third-order valence-corrected chi connectivity index (χ3v) is 2.99. The highest BCUT2D eigenvalue weighted by atomic mass is 14.1. The third kappa shape index (κ3) is 1.90. The Morgan fingerprint density at radius 2 is 1.24 bits per heavy atom. The Labute approximate surface area is 102 Å². The Morgan fingerprint density at radius 1 is 0.588 bits per heavy atom. The van der Waals surface area contributed by atoms with Gasteiger partial charge >= 0.3 is 0 Å². The molecule has 3 aromatic rings. The average Bonchev–Trinajstić information content (AvgIpc) is 2.90. The van der Waals surface area contributed by atoms with E-state index in [1.54, 1.807) is 0 Å². The SMILES string of the molecule is c1ccc(-c2ccc[c-]2-c2ccccc2)cc1. The summed E-state index contributed by atoms with van der Waals surface area (Å²) in [4.78, 5) is 0. The first-order valence-corrected chi connectivity index (χ1v) is 5.82. The summed E-state index contributed by atoms with van der Waals surface area (Å²) in [5, 5.41) is 0. The molecule has 0 atom stereocenters. The second-order valence-corrected chi connectivity index (χ2v) is 4.09. The maximum atomic E-state index is 2.18. The molecule has 0 aliphatic heterocycles. The molecule has 3 aromatic carbocycles. The standard InChI is InChI=1S/C17H13/c1-3-8-14(9-4-1)16-12-7-13-17(16)15-10-5-2-6-11-15/h1-13H/q-1. The van der Waals surface area contributed by atoms with Gasteiger partial charge in [-0.2, -0.15) is 0 Å². The summed E-state index contributed by atoms with van der Waals surface area (Å²) < 4.78 is 0. The zero-order valence-corrected chi connectivity index (χ0v) is 9.51. The van der Waals surface area contributed by atoms with Gasteiger partial charge in [-0.15, -0.1) is 35.9 Å². The summed E-state index contributed by atoms with van der Waals surface area (Å²) in [5.41, 5.74) is 5.15. The average molecular weight is 217 g/mol. The minimum atomic E-state index is 1.27. The Bertz CT molecular complexity index is 534. The van der Waals surface area contributed by atoms with Crippen molar-refractivity contribution in [3.8, 4) is 22.3 Å². The molecule has 3 rings (SSSR count). The van der Waals surface area contributed by atoms with Gasteiger partial charge in [-0.25, -0.2) is 0 Å². The predicted molar refractivity (Wildman–Crippen MR) is 72.9 cm³/mol. The second-order valence-electron chi connectivity index (χ2n) is 4.09. The first-order chi connectivity index (χ1) is 8.45. The summed E-state index contributed by atoms with van der Waals surface area (Å²) in [6.45, 7) is 0. The van der Waals surface area contributed by atoms with Crippen molar-refractivity contribution in [1.29, 1.82) is 0 Å². The Hall–Kier alpha value is -2.21. The van der Waals surface area contributed by atoms with E-state index in [1.165, 1.54) is 22.3 Å². The lowest BCUT2D eigenvalue weighted by Gasteiger charge is -2.11. The van der Waals surface area contributed by atoms with Crippen LogP contribution in [-0.4, -0.2) is 0 Å². The topological polar surface area (TPSA) is 0 Å². The first kappa shape index (κ1) is 9.98. The van der Waals surface area contributed by atoms with Crippen LogP contribution in [0.4, 0.5) is 0 Å². The lowest BCUT2D eigenvalue weighted by molar-refractivity contribution is 1.64. The van der Waals surface area contributed by atoms with Crippen molar-refractivity contribution in [3.63, 3.8) is 0 Å². The maximum absolute atomic E-state index is 2.18. The Balaban J connectivity index is 2.13. The van der Waals surface area contributed by atoms with Crippen LogP contribution in [0.5, 0.6) is 0 Å². The number of benzene rings is 2. The van der Waals surface area contributed by atoms with Crippen LogP contribution in [0.25, 0.3) is 22.3 Å². The van der Waals surface area contributed by atoms with E-state index in [0.717, 1.165) is 0 Å². The van der Waals surface area contributed by atoms with Crippen molar-refractivity contribution in [2.24, 2.45) is 0 Å². The Kier molecular flexibility index (Phi) is 2.55. The van der Waals surface area contributed by atoms with Gasteiger partial charge in [0.15, 0.2) is 0 Å². The van der Waals surface area contributed by atoms with Crippen LogP contribution in [0.2, 0.25) is 0 Å². The van der Waals surface area contributed by atoms with Crippen molar-refractivity contribution in [2.75, 3.05) is 0 Å². The molecule has 0 bridgehead atoms. The van der Waals surface area contributed by atoms with Gasteiger partial charge in [-0.05, 0) is 0 Å². The van der Waals surface area contributed by atoms with E-state index < -0.39 is 0 Å². The molecule has 0 radical (unpaired) electrons. The van der Waals surface area contributed by atoms with Crippen LogP contribution >= 0.6 is 0 Å². The van der Waals surface area contributed by atoms with Crippen molar-refractivity contribution in [3.05, 3.63) is 78.9 Å². The molecule has 0 spiro atoms. The molecule has 17 heavy (non-hydrogen) atoms. The van der Waals surface area contributed by atoms with Crippen LogP contribution in [-0.2, 0) is 0 Å². The monoisotopic (exact) mass is 217 g/mol. The van der Waals surface area contributed by atoms with Crippen LogP contribution < -0.4 is 0 Å². The lowest BCUT2D eigenvalue weighted by atomic mass is 9.99. The van der Waals surface area contributed by atoms with E-state index in [-0.39, 0.29) is 0 Å². The van der Waals surface area contributed by atoms with Gasteiger partial charge in [-0.3, -0.25) is 0 Å². The van der Waals surface area contributed by atoms with E-state index >= 15 is 0 Å². The maximum Gasteiger partial charge on any atom is -0.0633 e. The molecule has 0 heterocycles. The lowest BCUT2D eigenvalue weighted by Crippen LogP contribution is -1.78. The first-order valence-electron chi connectivity index (χ1n) is 5.82. The van der Waals surface area contributed by atoms with Gasteiger partial charge in [0.25, 0.3) is 0 Å². The normalized spacial score (nSPS) is 10.4. The van der Waals surface area contributed by atoms with Gasteiger partial charge in [0.1, 0.15) is 0 Å². The fourth-order valence-corrected chi connectivity index (χ4v) is 2.16. The van der Waals surface area contributed by atoms with Crippen molar-refractivity contribution < 1.29 is 0 Å². The summed E-state index contributed by atoms with van der Waals surface area (Å²) in [5.74, 6) is 0. The van der Waals surface area contributed by atoms with E-state index in [0.29, 0.717) is 0 Å². The minimum absolute atomic E-state index is 1.27. The fraction of sp³-hybridized carbons (Fsp3) is 0. The van der Waals surface area contributed by atoms with Crippen molar-refractivity contribution in [1.82, 2.24) is 0 Å². The highest BCUT2D eigenvalue weighted by Gasteiger charge is 1.99. The smallest absolute Gasteiger partial charge is 0.0633 e. The molecule has 0 fully saturated rings. The van der Waals surface area contributed by atoms with E-state index in [1.807, 2.05) is 0 Å². The molecule has 0 amide bonds. The third-order valence-electron chi connectivity index (χ3n) is 2.99. The molecular weight excluding hydrogens is 204 g/mol. The summed E-state index contributed by atoms with van der Waals surface area (Å²) in [7, 11) is 0. The van der Waals surface area contributed by atoms with Gasteiger partial charge in [0.05, 0.1) is 0 Å². The highest BCUT2D eigenvalue weighted by molar-refractivity contribution is 5.84. The molecule has 82 valence electrons. The van der Waals surface area contributed by atoms with E-state index in [9.17, 15) is 0 Å². The van der Waals surface area contributed by atoms with Crippen molar-refractivity contribution in [2.45, 2.75) is 0 Å². The summed E-state index contributed by atoms with van der Waals surface area (Å²) in [6.07, 6.45) is 0. The summed E-state index contributed by atoms with van der Waals surface area (Å²) >= 11 is 0. The van der Waals surface area contributed by atoms with E-state index in [2.05, 4.69) is 78.9 Å². The molecule has 0 aliphatic rings. The molecule has 0 nitrogen and oxygen atoms in total. The van der Waals surface area contributed by atoms with Gasteiger partial charge < -0.3 is 0 Å². The summed E-state index contributed by atoms with van der Waals surface area (Å²) in [6, 6.07) is 27.5. The Morgan fingerprint density at radius 3 is 1.94 bits per heavy atom. The minimum Gasteiger partial charge on any atom is -0.136 e. The molecule has 0 aromatic heterocycles. The number of rotatable bonds is 2. The largest absolute Gasteiger partial charge is 0.136 e. The molecule has 0 heteroatoms. The van der Waals surface area contributed by atoms with Crippen LogP contribution in [0.15, 0.2) is 78.9 Å². The van der Waals surface area contributed by atoms with Gasteiger partial charge in [0.2, 0.25) is 0 Å². The van der Waals surface area contributed by atoms with Crippen LogP contribution in [0.3, 0.4) is 0 Å². The van der Waals surface area contributed by atoms with Crippen LogP contribution in [0.1, 0.15) is 0 Å². The molecule has 0 saturated heterocycles. The molecule has 0 unspecified atom stereocenters. The van der Waals surface area contributed by atoms with Crippen molar-refractivity contribution >= 4 is 0 Å². The number of hydrogen-bond donors (Lipinski definition) is 0. The van der Waals surface area contributed by atoms with Crippen LogP contribution in [0, 0.1) is 0 Å². The molecule has 0 saturated carbocycles. The molecule has 0 aliphatic carbocycles. The highest BCUT2D eigenvalue weighted by Crippen LogP contribution is 2.32. The zero-order valence-electron chi connectivity index (χ0n) is 9.51. The molecular formula is C17H13-. The number of hydrogen-bond acceptors (Lipinski definition) is 0. The van der Waals surface area contributed by atoms with E-state index in [4.69, 9.17) is 0 Å². The fourth-order valence-electron chi connectivity index (χ4n) is 2.16. The molecule has 0 N–H and O–H groups in total. The zero-order chi connectivity index (χ0) is 11.5.